The van der Waals surface area contributed by atoms with E-state index >= 15 is 0 Å². The zero-order valence-electron chi connectivity index (χ0n) is 36.8. The molecule has 7 nitrogen and oxygen atoms in total. The first kappa shape index (κ1) is 37.7. The molecule has 15 rings (SSSR count). The molecule has 0 unspecified atom stereocenters. The molecule has 0 spiro atoms. The minimum atomic E-state index is 0.577. The van der Waals surface area contributed by atoms with Crippen molar-refractivity contribution < 1.29 is 13.3 Å². The van der Waals surface area contributed by atoms with Gasteiger partial charge in [-0.1, -0.05) is 127 Å². The average Bonchev–Trinajstić information content (AvgIpc) is 4.25. The molecule has 5 aromatic heterocycles. The highest BCUT2D eigenvalue weighted by Crippen LogP contribution is 2.43. The van der Waals surface area contributed by atoms with Crippen LogP contribution in [-0.4, -0.2) is 19.1 Å². The number of hydrogen-bond acceptors (Lipinski definition) is 5. The van der Waals surface area contributed by atoms with Gasteiger partial charge in [-0.15, -0.1) is 0 Å². The molecule has 322 valence electrons. The zero-order valence-corrected chi connectivity index (χ0v) is 36.8. The van der Waals surface area contributed by atoms with Gasteiger partial charge in [0, 0.05) is 49.6 Å². The Kier molecular flexibility index (Phi) is 7.94. The van der Waals surface area contributed by atoms with E-state index in [1.165, 1.54) is 11.1 Å². The van der Waals surface area contributed by atoms with E-state index in [1.807, 2.05) is 36.4 Å². The molecule has 0 saturated carbocycles. The Labute approximate surface area is 393 Å². The summed E-state index contributed by atoms with van der Waals surface area (Å²) < 4.78 is 24.6. The molecule has 0 aliphatic rings. The standard InChI is InChI=1S/C62H36N4O3/c1-3-12-37(13-4-1)38-26-28-42(29-27-38)65-51-20-9-7-16-46(51)56-53(65)33-31-50-59(56)69-62(64-50)41-24-22-39(23-25-41)44-18-11-19-45-48-36-43(30-35-55(48)67-58(44)45)66-52-21-10-8-17-47(52)57-54(66)34-32-49-60(57)68-61(63-49)40-14-5-2-6-15-40/h1-36H. The van der Waals surface area contributed by atoms with E-state index in [-0.39, 0.29) is 0 Å². The molecule has 0 radical (unpaired) electrons. The Bertz CT molecular complexity index is 4520. The Balaban J connectivity index is 0.794. The molecule has 0 aliphatic heterocycles. The van der Waals surface area contributed by atoms with E-state index in [0.717, 1.165) is 121 Å². The second kappa shape index (κ2) is 14.5. The number of aromatic nitrogens is 4. The van der Waals surface area contributed by atoms with Gasteiger partial charge in [-0.05, 0) is 108 Å². The Hall–Kier alpha value is -9.46. The van der Waals surface area contributed by atoms with Gasteiger partial charge in [0.25, 0.3) is 0 Å². The average molecular weight is 885 g/mol. The molecule has 5 heterocycles. The predicted octanol–water partition coefficient (Wildman–Crippen LogP) is 16.7. The molecule has 69 heavy (non-hydrogen) atoms. The summed E-state index contributed by atoms with van der Waals surface area (Å²) in [4.78, 5) is 9.93. The van der Waals surface area contributed by atoms with Crippen LogP contribution in [-0.2, 0) is 0 Å². The van der Waals surface area contributed by atoms with Crippen molar-refractivity contribution >= 4 is 87.7 Å². The summed E-state index contributed by atoms with van der Waals surface area (Å²) in [5.41, 5.74) is 17.6. The zero-order chi connectivity index (χ0) is 45.2. The molecule has 0 atom stereocenters. The molecule has 0 fully saturated rings. The molecule has 0 N–H and O–H groups in total. The van der Waals surface area contributed by atoms with Crippen LogP contribution in [0, 0.1) is 0 Å². The molecule has 0 aliphatic carbocycles. The van der Waals surface area contributed by atoms with Crippen molar-refractivity contribution in [2.75, 3.05) is 0 Å². The third-order valence-corrected chi connectivity index (χ3v) is 13.8. The van der Waals surface area contributed by atoms with Crippen molar-refractivity contribution in [1.82, 2.24) is 19.1 Å². The lowest BCUT2D eigenvalue weighted by Gasteiger charge is -2.09. The first-order valence-corrected chi connectivity index (χ1v) is 23.1. The fraction of sp³-hybridized carbons (Fsp3) is 0. The summed E-state index contributed by atoms with van der Waals surface area (Å²) in [5, 5.41) is 6.41. The van der Waals surface area contributed by atoms with E-state index in [1.54, 1.807) is 0 Å². The number of oxazole rings is 2. The van der Waals surface area contributed by atoms with Gasteiger partial charge in [0.05, 0.1) is 32.8 Å². The summed E-state index contributed by atoms with van der Waals surface area (Å²) in [6, 6.07) is 76.1. The highest BCUT2D eigenvalue weighted by molar-refractivity contribution is 6.21. The van der Waals surface area contributed by atoms with E-state index in [0.29, 0.717) is 11.8 Å². The molecular formula is C62H36N4O3. The largest absolute Gasteiger partial charge is 0.455 e. The molecule has 7 heteroatoms. The lowest BCUT2D eigenvalue weighted by atomic mass is 10.0. The van der Waals surface area contributed by atoms with Crippen molar-refractivity contribution in [3.63, 3.8) is 0 Å². The highest BCUT2D eigenvalue weighted by atomic mass is 16.4. The highest BCUT2D eigenvalue weighted by Gasteiger charge is 2.22. The minimum absolute atomic E-state index is 0.577. The number of rotatable bonds is 6. The van der Waals surface area contributed by atoms with Crippen LogP contribution in [0.15, 0.2) is 232 Å². The Morgan fingerprint density at radius 3 is 1.43 bits per heavy atom. The van der Waals surface area contributed by atoms with Gasteiger partial charge in [-0.25, -0.2) is 9.97 Å². The maximum atomic E-state index is 6.74. The van der Waals surface area contributed by atoms with Gasteiger partial charge in [-0.2, -0.15) is 0 Å². The van der Waals surface area contributed by atoms with Gasteiger partial charge in [0.1, 0.15) is 22.2 Å². The Morgan fingerprint density at radius 1 is 0.304 bits per heavy atom. The van der Waals surface area contributed by atoms with Gasteiger partial charge in [0.15, 0.2) is 11.2 Å². The van der Waals surface area contributed by atoms with Crippen LogP contribution < -0.4 is 0 Å². The van der Waals surface area contributed by atoms with Crippen molar-refractivity contribution in [3.05, 3.63) is 218 Å². The SMILES string of the molecule is c1ccc(-c2ccc(-n3c4ccccc4c4c5oc(-c6ccc(-c7cccc8c7oc7ccc(-n9c%10ccccc%10c%10c%11oc(-c%12ccccc%12)nc%11ccc%109)cc78)cc6)nc5ccc43)cc2)cc1. The van der Waals surface area contributed by atoms with Crippen LogP contribution >= 0.6 is 0 Å². The van der Waals surface area contributed by atoms with Crippen LogP contribution in [0.2, 0.25) is 0 Å². The van der Waals surface area contributed by atoms with E-state index in [2.05, 4.69) is 191 Å². The minimum Gasteiger partial charge on any atom is -0.455 e. The molecule has 0 saturated heterocycles. The monoisotopic (exact) mass is 884 g/mol. The van der Waals surface area contributed by atoms with Gasteiger partial charge >= 0.3 is 0 Å². The van der Waals surface area contributed by atoms with Crippen LogP contribution in [0.25, 0.3) is 144 Å². The first-order valence-electron chi connectivity index (χ1n) is 23.1. The van der Waals surface area contributed by atoms with Crippen LogP contribution in [0.5, 0.6) is 0 Å². The van der Waals surface area contributed by atoms with Crippen LogP contribution in [0.1, 0.15) is 0 Å². The quantitative estimate of drug-likeness (QED) is 0.166. The first-order chi connectivity index (χ1) is 34.2. The fourth-order valence-electron chi connectivity index (χ4n) is 10.6. The van der Waals surface area contributed by atoms with E-state index in [9.17, 15) is 0 Å². The lowest BCUT2D eigenvalue weighted by molar-refractivity contribution is 0.622. The number of hydrogen-bond donors (Lipinski definition) is 0. The maximum Gasteiger partial charge on any atom is 0.227 e. The Morgan fingerprint density at radius 2 is 0.797 bits per heavy atom. The van der Waals surface area contributed by atoms with E-state index < -0.39 is 0 Å². The molecular weight excluding hydrogens is 849 g/mol. The van der Waals surface area contributed by atoms with Crippen LogP contribution in [0.4, 0.5) is 0 Å². The summed E-state index contributed by atoms with van der Waals surface area (Å²) in [7, 11) is 0. The van der Waals surface area contributed by atoms with Gasteiger partial charge in [0.2, 0.25) is 11.8 Å². The summed E-state index contributed by atoms with van der Waals surface area (Å²) in [6.07, 6.45) is 0. The number of furan rings is 1. The third-order valence-electron chi connectivity index (χ3n) is 13.8. The molecule has 10 aromatic carbocycles. The molecule has 15 aromatic rings. The molecule has 0 amide bonds. The van der Waals surface area contributed by atoms with E-state index in [4.69, 9.17) is 23.2 Å². The van der Waals surface area contributed by atoms with Crippen molar-refractivity contribution in [2.45, 2.75) is 0 Å². The van der Waals surface area contributed by atoms with Crippen molar-refractivity contribution in [1.29, 1.82) is 0 Å². The fourth-order valence-corrected chi connectivity index (χ4v) is 10.6. The number of nitrogens with zero attached hydrogens (tertiary/aromatic N) is 4. The lowest BCUT2D eigenvalue weighted by Crippen LogP contribution is -1.93. The third kappa shape index (κ3) is 5.68. The summed E-state index contributed by atoms with van der Waals surface area (Å²) in [6.45, 7) is 0. The smallest absolute Gasteiger partial charge is 0.227 e. The summed E-state index contributed by atoms with van der Waals surface area (Å²) in [5.74, 6) is 1.19. The van der Waals surface area contributed by atoms with Crippen molar-refractivity contribution in [2.24, 2.45) is 0 Å². The van der Waals surface area contributed by atoms with Crippen molar-refractivity contribution in [3.8, 4) is 56.5 Å². The summed E-state index contributed by atoms with van der Waals surface area (Å²) >= 11 is 0. The molecule has 0 bridgehead atoms. The topological polar surface area (TPSA) is 75.1 Å². The maximum absolute atomic E-state index is 6.74. The second-order valence-electron chi connectivity index (χ2n) is 17.7. The predicted molar refractivity (Wildman–Crippen MR) is 279 cm³/mol. The second-order valence-corrected chi connectivity index (χ2v) is 17.7. The van der Waals surface area contributed by atoms with Gasteiger partial charge in [-0.3, -0.25) is 0 Å². The van der Waals surface area contributed by atoms with Crippen LogP contribution in [0.3, 0.4) is 0 Å². The number of para-hydroxylation sites is 3. The number of benzene rings is 10. The normalized spacial score (nSPS) is 12.1. The number of fused-ring (bicyclic) bond motifs is 13. The van der Waals surface area contributed by atoms with Gasteiger partial charge < -0.3 is 22.4 Å².